The van der Waals surface area contributed by atoms with Crippen LogP contribution in [0.1, 0.15) is 31.4 Å². The highest BCUT2D eigenvalue weighted by Crippen LogP contribution is 2.24. The highest BCUT2D eigenvalue weighted by Gasteiger charge is 2.14. The minimum atomic E-state index is 0.282. The first-order valence-electron chi connectivity index (χ1n) is 6.42. The van der Waals surface area contributed by atoms with Crippen LogP contribution in [0.3, 0.4) is 0 Å². The number of thioether (sulfide) groups is 1. The summed E-state index contributed by atoms with van der Waals surface area (Å²) in [5.41, 5.74) is 6.63. The minimum Gasteiger partial charge on any atom is -0.481 e. The van der Waals surface area contributed by atoms with Crippen LogP contribution in [0.25, 0.3) is 0 Å². The van der Waals surface area contributed by atoms with Gasteiger partial charge in [-0.3, -0.25) is 0 Å². The van der Waals surface area contributed by atoms with Crippen molar-refractivity contribution in [1.82, 2.24) is 19.7 Å². The Morgan fingerprint density at radius 2 is 2.15 bits per heavy atom. The molecule has 0 atom stereocenters. The molecule has 6 nitrogen and oxygen atoms in total. The van der Waals surface area contributed by atoms with E-state index in [1.165, 1.54) is 0 Å². The lowest BCUT2D eigenvalue weighted by Gasteiger charge is -2.12. The van der Waals surface area contributed by atoms with Crippen LogP contribution in [0.5, 0.6) is 5.88 Å². The molecule has 0 aliphatic rings. The van der Waals surface area contributed by atoms with Gasteiger partial charge >= 0.3 is 0 Å². The van der Waals surface area contributed by atoms with Crippen molar-refractivity contribution in [3.05, 3.63) is 29.7 Å². The fourth-order valence-electron chi connectivity index (χ4n) is 1.85. The maximum absolute atomic E-state index is 5.69. The molecule has 0 spiro atoms. The number of pyridine rings is 1. The quantitative estimate of drug-likeness (QED) is 0.821. The van der Waals surface area contributed by atoms with Crippen LogP contribution >= 0.6 is 11.8 Å². The van der Waals surface area contributed by atoms with E-state index >= 15 is 0 Å². The fraction of sp³-hybridized carbons (Fsp3) is 0.462. The number of aromatic nitrogens is 4. The Morgan fingerprint density at radius 1 is 1.35 bits per heavy atom. The standard InChI is InChI=1S/C13H19N5OS/c1-9(2)18-11(7-14)16-17-13(18)20-8-10-5-4-6-12(15-10)19-3/h4-6,9H,7-8,14H2,1-3H3. The van der Waals surface area contributed by atoms with E-state index in [2.05, 4.69) is 33.6 Å². The monoisotopic (exact) mass is 293 g/mol. The summed E-state index contributed by atoms with van der Waals surface area (Å²) in [6.07, 6.45) is 0. The van der Waals surface area contributed by atoms with E-state index in [0.717, 1.165) is 16.7 Å². The molecular formula is C13H19N5OS. The Bertz CT molecular complexity index is 570. The van der Waals surface area contributed by atoms with E-state index in [1.54, 1.807) is 18.9 Å². The zero-order valence-electron chi connectivity index (χ0n) is 11.9. The molecule has 0 saturated heterocycles. The van der Waals surface area contributed by atoms with Crippen molar-refractivity contribution in [2.45, 2.75) is 37.3 Å². The van der Waals surface area contributed by atoms with Gasteiger partial charge in [0.05, 0.1) is 19.3 Å². The van der Waals surface area contributed by atoms with Crippen LogP contribution in [-0.4, -0.2) is 26.9 Å². The molecule has 0 amide bonds. The van der Waals surface area contributed by atoms with Crippen molar-refractivity contribution in [2.75, 3.05) is 7.11 Å². The summed E-state index contributed by atoms with van der Waals surface area (Å²) in [5, 5.41) is 9.19. The van der Waals surface area contributed by atoms with Crippen molar-refractivity contribution >= 4 is 11.8 Å². The SMILES string of the molecule is COc1cccc(CSc2nnc(CN)n2C(C)C)n1. The minimum absolute atomic E-state index is 0.282. The molecule has 0 aliphatic heterocycles. The zero-order valence-corrected chi connectivity index (χ0v) is 12.7. The summed E-state index contributed by atoms with van der Waals surface area (Å²) < 4.78 is 7.18. The molecule has 7 heteroatoms. The van der Waals surface area contributed by atoms with Gasteiger partial charge in [-0.1, -0.05) is 17.8 Å². The maximum atomic E-state index is 5.69. The number of nitrogens with two attached hydrogens (primary N) is 1. The first-order chi connectivity index (χ1) is 9.65. The van der Waals surface area contributed by atoms with Crippen LogP contribution in [0.15, 0.2) is 23.4 Å². The Kier molecular flexibility index (Phi) is 4.97. The summed E-state index contributed by atoms with van der Waals surface area (Å²) in [4.78, 5) is 4.38. The van der Waals surface area contributed by atoms with E-state index in [9.17, 15) is 0 Å². The van der Waals surface area contributed by atoms with E-state index in [-0.39, 0.29) is 6.04 Å². The van der Waals surface area contributed by atoms with E-state index in [1.807, 2.05) is 18.2 Å². The third kappa shape index (κ3) is 3.29. The largest absolute Gasteiger partial charge is 0.481 e. The van der Waals surface area contributed by atoms with Gasteiger partial charge in [0.25, 0.3) is 0 Å². The molecular weight excluding hydrogens is 274 g/mol. The second-order valence-corrected chi connectivity index (χ2v) is 5.47. The van der Waals surface area contributed by atoms with Crippen molar-refractivity contribution in [3.63, 3.8) is 0 Å². The van der Waals surface area contributed by atoms with Gasteiger partial charge in [0.15, 0.2) is 5.16 Å². The van der Waals surface area contributed by atoms with Gasteiger partial charge in [-0.05, 0) is 19.9 Å². The molecule has 2 aromatic rings. The molecule has 0 radical (unpaired) electrons. The van der Waals surface area contributed by atoms with Gasteiger partial charge in [-0.25, -0.2) is 4.98 Å². The predicted molar refractivity (Wildman–Crippen MR) is 78.6 cm³/mol. The van der Waals surface area contributed by atoms with Gasteiger partial charge in [-0.2, -0.15) is 0 Å². The fourth-order valence-corrected chi connectivity index (χ4v) is 2.85. The highest BCUT2D eigenvalue weighted by atomic mass is 32.2. The lowest BCUT2D eigenvalue weighted by molar-refractivity contribution is 0.397. The smallest absolute Gasteiger partial charge is 0.213 e. The third-order valence-electron chi connectivity index (χ3n) is 2.77. The van der Waals surface area contributed by atoms with Crippen molar-refractivity contribution in [3.8, 4) is 5.88 Å². The Balaban J connectivity index is 2.12. The second kappa shape index (κ2) is 6.71. The summed E-state index contributed by atoms with van der Waals surface area (Å²) in [6.45, 7) is 4.58. The van der Waals surface area contributed by atoms with Gasteiger partial charge in [0, 0.05) is 17.9 Å². The van der Waals surface area contributed by atoms with E-state index in [0.29, 0.717) is 18.2 Å². The van der Waals surface area contributed by atoms with Crippen LogP contribution in [0.2, 0.25) is 0 Å². The van der Waals surface area contributed by atoms with Gasteiger partial charge in [-0.15, -0.1) is 10.2 Å². The molecule has 2 rings (SSSR count). The Morgan fingerprint density at radius 3 is 2.80 bits per heavy atom. The first-order valence-corrected chi connectivity index (χ1v) is 7.40. The molecule has 2 heterocycles. The number of hydrogen-bond acceptors (Lipinski definition) is 6. The molecule has 0 bridgehead atoms. The van der Waals surface area contributed by atoms with Gasteiger partial charge in [0.1, 0.15) is 5.82 Å². The molecule has 2 N–H and O–H groups in total. The van der Waals surface area contributed by atoms with Crippen LogP contribution in [-0.2, 0) is 12.3 Å². The van der Waals surface area contributed by atoms with E-state index in [4.69, 9.17) is 10.5 Å². The third-order valence-corrected chi connectivity index (χ3v) is 3.75. The molecule has 0 fully saturated rings. The normalized spacial score (nSPS) is 11.1. The van der Waals surface area contributed by atoms with Crippen molar-refractivity contribution in [1.29, 1.82) is 0 Å². The van der Waals surface area contributed by atoms with Gasteiger partial charge < -0.3 is 15.0 Å². The topological polar surface area (TPSA) is 78.9 Å². The first kappa shape index (κ1) is 14.8. The van der Waals surface area contributed by atoms with Crippen molar-refractivity contribution in [2.24, 2.45) is 5.73 Å². The maximum Gasteiger partial charge on any atom is 0.213 e. The number of hydrogen-bond donors (Lipinski definition) is 1. The molecule has 2 aromatic heterocycles. The number of nitrogens with zero attached hydrogens (tertiary/aromatic N) is 4. The van der Waals surface area contributed by atoms with Crippen molar-refractivity contribution < 1.29 is 4.74 Å². The summed E-state index contributed by atoms with van der Waals surface area (Å²) in [7, 11) is 1.61. The zero-order chi connectivity index (χ0) is 14.5. The van der Waals surface area contributed by atoms with Crippen LogP contribution in [0.4, 0.5) is 0 Å². The predicted octanol–water partition coefficient (Wildman–Crippen LogP) is 2.01. The van der Waals surface area contributed by atoms with Crippen LogP contribution in [0, 0.1) is 0 Å². The average Bonchev–Trinajstić information content (AvgIpc) is 2.88. The van der Waals surface area contributed by atoms with Gasteiger partial charge in [0.2, 0.25) is 5.88 Å². The number of ether oxygens (including phenoxy) is 1. The summed E-state index contributed by atoms with van der Waals surface area (Å²) in [6, 6.07) is 6.01. The molecule has 0 aliphatic carbocycles. The van der Waals surface area contributed by atoms with E-state index < -0.39 is 0 Å². The highest BCUT2D eigenvalue weighted by molar-refractivity contribution is 7.98. The molecule has 0 aromatic carbocycles. The molecule has 0 unspecified atom stereocenters. The number of rotatable bonds is 6. The van der Waals surface area contributed by atoms with Crippen LogP contribution < -0.4 is 10.5 Å². The Hall–Kier alpha value is -1.60. The summed E-state index contributed by atoms with van der Waals surface area (Å²) in [5.74, 6) is 2.14. The molecule has 0 saturated carbocycles. The second-order valence-electron chi connectivity index (χ2n) is 4.53. The lowest BCUT2D eigenvalue weighted by atomic mass is 10.4. The number of methoxy groups -OCH3 is 1. The summed E-state index contributed by atoms with van der Waals surface area (Å²) >= 11 is 1.60. The molecule has 108 valence electrons. The Labute approximate surface area is 122 Å². The lowest BCUT2D eigenvalue weighted by Crippen LogP contribution is -2.11. The molecule has 20 heavy (non-hydrogen) atoms. The average molecular weight is 293 g/mol.